The Kier molecular flexibility index (Phi) is 12.5. The highest BCUT2D eigenvalue weighted by Gasteiger charge is 2.10. The molecule has 22 heavy (non-hydrogen) atoms. The van der Waals surface area contributed by atoms with E-state index in [4.69, 9.17) is 5.73 Å². The number of hydrogen-bond donors (Lipinski definition) is 2. The van der Waals surface area contributed by atoms with E-state index in [1.54, 1.807) is 11.9 Å². The molecule has 3 N–H and O–H groups in total. The van der Waals surface area contributed by atoms with Crippen LogP contribution < -0.4 is 16.0 Å². The molecule has 0 atom stereocenters. The maximum Gasteiger partial charge on any atom is 0.241 e. The van der Waals surface area contributed by atoms with Crippen molar-refractivity contribution in [3.05, 3.63) is 30.3 Å². The Labute approximate surface area is 143 Å². The molecule has 126 valence electrons. The zero-order chi connectivity index (χ0) is 15.0. The first-order chi connectivity index (χ1) is 9.54. The number of nitrogens with two attached hydrogens (primary N) is 1. The number of benzene rings is 1. The molecule has 0 heterocycles. The summed E-state index contributed by atoms with van der Waals surface area (Å²) in [5.74, 6) is -0.457. The van der Waals surface area contributed by atoms with Crippen LogP contribution in [-0.4, -0.2) is 57.0 Å². The van der Waals surface area contributed by atoms with Gasteiger partial charge in [0.2, 0.25) is 11.8 Å². The molecule has 0 spiro atoms. The van der Waals surface area contributed by atoms with Crippen LogP contribution in [0.4, 0.5) is 5.69 Å². The summed E-state index contributed by atoms with van der Waals surface area (Å²) in [5.41, 5.74) is 6.26. The van der Waals surface area contributed by atoms with Gasteiger partial charge in [-0.25, -0.2) is 0 Å². The van der Waals surface area contributed by atoms with Crippen molar-refractivity contribution in [1.82, 2.24) is 10.2 Å². The van der Waals surface area contributed by atoms with Gasteiger partial charge >= 0.3 is 0 Å². The maximum atomic E-state index is 11.8. The summed E-state index contributed by atoms with van der Waals surface area (Å²) in [4.78, 5) is 26.4. The number of likely N-dealkylation sites (N-methyl/N-ethyl adjacent to an activating group) is 2. The van der Waals surface area contributed by atoms with Gasteiger partial charge in [-0.05, 0) is 12.1 Å². The molecular weight excluding hydrogens is 327 g/mol. The van der Waals surface area contributed by atoms with Crippen molar-refractivity contribution < 1.29 is 9.59 Å². The summed E-state index contributed by atoms with van der Waals surface area (Å²) in [6.07, 6.45) is 0. The molecule has 0 unspecified atom stereocenters. The first-order valence-corrected chi connectivity index (χ1v) is 6.51. The van der Waals surface area contributed by atoms with E-state index in [0.29, 0.717) is 6.54 Å². The topological polar surface area (TPSA) is 78.7 Å². The smallest absolute Gasteiger partial charge is 0.241 e. The number of halogens is 2. The SMILES string of the molecule is CN(CCN(C)c1ccccc1)C(=O)CNC(=O)CN.Cl.Cl. The van der Waals surface area contributed by atoms with E-state index >= 15 is 0 Å². The third-order valence-corrected chi connectivity index (χ3v) is 3.02. The Morgan fingerprint density at radius 3 is 2.23 bits per heavy atom. The quantitative estimate of drug-likeness (QED) is 0.750. The van der Waals surface area contributed by atoms with Crippen LogP contribution in [0.2, 0.25) is 0 Å². The summed E-state index contributed by atoms with van der Waals surface area (Å²) in [6.45, 7) is 1.19. The van der Waals surface area contributed by atoms with Crippen molar-refractivity contribution in [3.8, 4) is 0 Å². The van der Waals surface area contributed by atoms with Gasteiger partial charge in [-0.1, -0.05) is 18.2 Å². The normalized spacial score (nSPS) is 9.05. The number of nitrogens with zero attached hydrogens (tertiary/aromatic N) is 2. The fourth-order valence-corrected chi connectivity index (χ4v) is 1.62. The number of rotatable bonds is 7. The highest BCUT2D eigenvalue weighted by Crippen LogP contribution is 2.10. The molecule has 0 aromatic heterocycles. The lowest BCUT2D eigenvalue weighted by molar-refractivity contribution is -0.131. The Bertz CT molecular complexity index is 446. The van der Waals surface area contributed by atoms with E-state index in [9.17, 15) is 9.59 Å². The first-order valence-electron chi connectivity index (χ1n) is 6.51. The van der Waals surface area contributed by atoms with Crippen molar-refractivity contribution in [2.24, 2.45) is 5.73 Å². The van der Waals surface area contributed by atoms with E-state index in [1.165, 1.54) is 0 Å². The number of carbonyl (C=O) groups is 2. The monoisotopic (exact) mass is 350 g/mol. The standard InChI is InChI=1S/C14H22N4O2.2ClH/c1-17(12-6-4-3-5-7-12)8-9-18(2)14(20)11-16-13(19)10-15;;/h3-7H,8-11,15H2,1-2H3,(H,16,19);2*1H. The summed E-state index contributed by atoms with van der Waals surface area (Å²) in [7, 11) is 3.69. The van der Waals surface area contributed by atoms with E-state index in [1.807, 2.05) is 37.4 Å². The molecule has 8 heteroatoms. The molecule has 2 amide bonds. The van der Waals surface area contributed by atoms with Crippen molar-refractivity contribution in [1.29, 1.82) is 0 Å². The molecule has 6 nitrogen and oxygen atoms in total. The van der Waals surface area contributed by atoms with Crippen molar-refractivity contribution in [3.63, 3.8) is 0 Å². The van der Waals surface area contributed by atoms with Gasteiger partial charge in [0.05, 0.1) is 13.1 Å². The minimum atomic E-state index is -0.326. The van der Waals surface area contributed by atoms with E-state index in [2.05, 4.69) is 10.2 Å². The van der Waals surface area contributed by atoms with E-state index < -0.39 is 0 Å². The third kappa shape index (κ3) is 8.07. The highest BCUT2D eigenvalue weighted by atomic mass is 35.5. The molecule has 1 rings (SSSR count). The zero-order valence-electron chi connectivity index (χ0n) is 12.8. The number of hydrogen-bond acceptors (Lipinski definition) is 4. The fourth-order valence-electron chi connectivity index (χ4n) is 1.62. The number of para-hydroxylation sites is 1. The van der Waals surface area contributed by atoms with Crippen LogP contribution >= 0.6 is 24.8 Å². The zero-order valence-corrected chi connectivity index (χ0v) is 14.5. The number of nitrogens with one attached hydrogen (secondary N) is 1. The second kappa shape index (κ2) is 12.1. The van der Waals surface area contributed by atoms with Crippen LogP contribution in [0, 0.1) is 0 Å². The van der Waals surface area contributed by atoms with Gasteiger partial charge in [0, 0.05) is 32.9 Å². The van der Waals surface area contributed by atoms with Gasteiger partial charge in [0.25, 0.3) is 0 Å². The molecule has 1 aromatic carbocycles. The number of anilines is 1. The number of carbonyl (C=O) groups excluding carboxylic acids is 2. The molecule has 1 aromatic rings. The molecule has 0 aliphatic carbocycles. The molecule has 0 saturated carbocycles. The summed E-state index contributed by atoms with van der Waals surface area (Å²) in [5, 5.41) is 2.46. The molecule has 0 saturated heterocycles. The van der Waals surface area contributed by atoms with Gasteiger partial charge in [-0.2, -0.15) is 0 Å². The second-order valence-corrected chi connectivity index (χ2v) is 4.55. The second-order valence-electron chi connectivity index (χ2n) is 4.55. The Balaban J connectivity index is 0. The van der Waals surface area contributed by atoms with Gasteiger partial charge in [-0.3, -0.25) is 9.59 Å². The number of amides is 2. The lowest BCUT2D eigenvalue weighted by Gasteiger charge is -2.24. The van der Waals surface area contributed by atoms with Gasteiger partial charge in [0.15, 0.2) is 0 Å². The Morgan fingerprint density at radius 1 is 1.09 bits per heavy atom. The molecular formula is C14H24Cl2N4O2. The molecule has 0 bridgehead atoms. The van der Waals surface area contributed by atoms with Crippen molar-refractivity contribution in [2.45, 2.75) is 0 Å². The van der Waals surface area contributed by atoms with E-state index in [-0.39, 0.29) is 49.7 Å². The van der Waals surface area contributed by atoms with Gasteiger partial charge in [-0.15, -0.1) is 24.8 Å². The third-order valence-electron chi connectivity index (χ3n) is 3.02. The van der Waals surface area contributed by atoms with Crippen molar-refractivity contribution in [2.75, 3.05) is 45.2 Å². The average Bonchev–Trinajstić information content (AvgIpc) is 2.50. The van der Waals surface area contributed by atoms with Crippen LogP contribution in [0.1, 0.15) is 0 Å². The summed E-state index contributed by atoms with van der Waals surface area (Å²) < 4.78 is 0. The Morgan fingerprint density at radius 2 is 1.68 bits per heavy atom. The Hall–Kier alpha value is -1.50. The highest BCUT2D eigenvalue weighted by molar-refractivity contribution is 5.86. The van der Waals surface area contributed by atoms with Gasteiger partial charge in [0.1, 0.15) is 0 Å². The van der Waals surface area contributed by atoms with Crippen molar-refractivity contribution >= 4 is 42.3 Å². The van der Waals surface area contributed by atoms with Crippen LogP contribution in [-0.2, 0) is 9.59 Å². The fraction of sp³-hybridized carbons (Fsp3) is 0.429. The van der Waals surface area contributed by atoms with Crippen LogP contribution in [0.25, 0.3) is 0 Å². The average molecular weight is 351 g/mol. The molecule has 0 radical (unpaired) electrons. The minimum Gasteiger partial charge on any atom is -0.373 e. The minimum absolute atomic E-state index is 0. The van der Waals surface area contributed by atoms with E-state index in [0.717, 1.165) is 12.2 Å². The molecule has 0 aliphatic rings. The van der Waals surface area contributed by atoms with Gasteiger partial charge < -0.3 is 20.9 Å². The first kappa shape index (κ1) is 22.8. The lowest BCUT2D eigenvalue weighted by atomic mass is 10.3. The summed E-state index contributed by atoms with van der Waals surface area (Å²) >= 11 is 0. The van der Waals surface area contributed by atoms with Crippen LogP contribution in [0.15, 0.2) is 30.3 Å². The predicted octanol–water partition coefficient (Wildman–Crippen LogP) is 0.500. The largest absolute Gasteiger partial charge is 0.373 e. The molecule has 0 fully saturated rings. The summed E-state index contributed by atoms with van der Waals surface area (Å²) in [6, 6.07) is 9.95. The maximum absolute atomic E-state index is 11.8. The lowest BCUT2D eigenvalue weighted by Crippen LogP contribution is -2.42. The van der Waals surface area contributed by atoms with Crippen LogP contribution in [0.3, 0.4) is 0 Å². The molecule has 0 aliphatic heterocycles. The van der Waals surface area contributed by atoms with Crippen LogP contribution in [0.5, 0.6) is 0 Å². The predicted molar refractivity (Wildman–Crippen MR) is 93.9 cm³/mol.